The standard InChI is InChI=1S/C19H16F3N3/c20-19(21,22)15-11-23-25(12-15)18-7-3-6-16(10-18)24-17-8-13-4-1-2-5-14(13)9-17/h1-7,10-12,17,24H,8-9H2. The maximum atomic E-state index is 12.7. The molecule has 0 unspecified atom stereocenters. The van der Waals surface area contributed by atoms with Crippen LogP contribution in [0.2, 0.25) is 0 Å². The third-order valence-corrected chi connectivity index (χ3v) is 4.44. The second-order valence-corrected chi connectivity index (χ2v) is 6.24. The molecule has 3 aromatic rings. The lowest BCUT2D eigenvalue weighted by Gasteiger charge is -2.14. The SMILES string of the molecule is FC(F)(F)c1cnn(-c2cccc(NC3Cc4ccccc4C3)c2)c1. The van der Waals surface area contributed by atoms with E-state index >= 15 is 0 Å². The molecule has 0 atom stereocenters. The molecular weight excluding hydrogens is 327 g/mol. The first-order chi connectivity index (χ1) is 12.0. The second kappa shape index (κ2) is 5.95. The average molecular weight is 343 g/mol. The molecule has 1 aliphatic rings. The van der Waals surface area contributed by atoms with Gasteiger partial charge in [-0.2, -0.15) is 18.3 Å². The Labute approximate surface area is 143 Å². The van der Waals surface area contributed by atoms with Crippen LogP contribution in [-0.4, -0.2) is 15.8 Å². The highest BCUT2D eigenvalue weighted by molar-refractivity contribution is 5.53. The fraction of sp³-hybridized carbons (Fsp3) is 0.211. The van der Waals surface area contributed by atoms with Gasteiger partial charge in [0.2, 0.25) is 0 Å². The molecule has 1 N–H and O–H groups in total. The lowest BCUT2D eigenvalue weighted by atomic mass is 10.1. The summed E-state index contributed by atoms with van der Waals surface area (Å²) in [6, 6.07) is 15.9. The zero-order valence-electron chi connectivity index (χ0n) is 13.3. The molecule has 1 aromatic heterocycles. The van der Waals surface area contributed by atoms with Crippen LogP contribution in [0.5, 0.6) is 0 Å². The molecule has 0 saturated carbocycles. The topological polar surface area (TPSA) is 29.9 Å². The van der Waals surface area contributed by atoms with Crippen LogP contribution in [-0.2, 0) is 19.0 Å². The molecular formula is C19H16F3N3. The van der Waals surface area contributed by atoms with E-state index in [1.165, 1.54) is 15.8 Å². The summed E-state index contributed by atoms with van der Waals surface area (Å²) >= 11 is 0. The maximum Gasteiger partial charge on any atom is 0.419 e. The molecule has 1 heterocycles. The third kappa shape index (κ3) is 3.24. The summed E-state index contributed by atoms with van der Waals surface area (Å²) in [5, 5.41) is 7.30. The highest BCUT2D eigenvalue weighted by Crippen LogP contribution is 2.30. The van der Waals surface area contributed by atoms with Crippen molar-refractivity contribution in [3.8, 4) is 5.69 Å². The van der Waals surface area contributed by atoms with E-state index in [4.69, 9.17) is 0 Å². The highest BCUT2D eigenvalue weighted by Gasteiger charge is 2.32. The number of aromatic nitrogens is 2. The van der Waals surface area contributed by atoms with Crippen molar-refractivity contribution in [3.05, 3.63) is 77.6 Å². The Morgan fingerprint density at radius 2 is 1.72 bits per heavy atom. The van der Waals surface area contributed by atoms with Crippen molar-refractivity contribution >= 4 is 5.69 Å². The molecule has 0 amide bonds. The minimum atomic E-state index is -4.39. The fourth-order valence-electron chi connectivity index (χ4n) is 3.25. The minimum Gasteiger partial charge on any atom is -0.382 e. The molecule has 4 rings (SSSR count). The van der Waals surface area contributed by atoms with Gasteiger partial charge in [0, 0.05) is 17.9 Å². The Morgan fingerprint density at radius 1 is 1.00 bits per heavy atom. The number of fused-ring (bicyclic) bond motifs is 1. The van der Waals surface area contributed by atoms with Crippen LogP contribution in [0.15, 0.2) is 60.9 Å². The summed E-state index contributed by atoms with van der Waals surface area (Å²) in [4.78, 5) is 0. The van der Waals surface area contributed by atoms with Crippen LogP contribution in [0, 0.1) is 0 Å². The van der Waals surface area contributed by atoms with Gasteiger partial charge in [-0.3, -0.25) is 0 Å². The lowest BCUT2D eigenvalue weighted by molar-refractivity contribution is -0.137. The first-order valence-electron chi connectivity index (χ1n) is 8.05. The average Bonchev–Trinajstić information content (AvgIpc) is 3.21. The van der Waals surface area contributed by atoms with Crippen molar-refractivity contribution in [1.82, 2.24) is 9.78 Å². The predicted molar refractivity (Wildman–Crippen MR) is 89.8 cm³/mol. The molecule has 6 heteroatoms. The van der Waals surface area contributed by atoms with Crippen LogP contribution < -0.4 is 5.32 Å². The summed E-state index contributed by atoms with van der Waals surface area (Å²) in [7, 11) is 0. The van der Waals surface area contributed by atoms with Gasteiger partial charge in [-0.1, -0.05) is 30.3 Å². The molecule has 1 aliphatic carbocycles. The summed E-state index contributed by atoms with van der Waals surface area (Å²) in [5.41, 5.74) is 3.41. The molecule has 0 spiro atoms. The monoisotopic (exact) mass is 343 g/mol. The number of halogens is 3. The summed E-state index contributed by atoms with van der Waals surface area (Å²) < 4.78 is 39.4. The smallest absolute Gasteiger partial charge is 0.382 e. The Balaban J connectivity index is 1.52. The molecule has 2 aromatic carbocycles. The number of alkyl halides is 3. The van der Waals surface area contributed by atoms with Gasteiger partial charge < -0.3 is 5.32 Å². The molecule has 0 bridgehead atoms. The molecule has 128 valence electrons. The van der Waals surface area contributed by atoms with E-state index in [1.807, 2.05) is 30.3 Å². The van der Waals surface area contributed by atoms with Gasteiger partial charge in [-0.15, -0.1) is 0 Å². The van der Waals surface area contributed by atoms with Gasteiger partial charge in [0.25, 0.3) is 0 Å². The molecule has 3 nitrogen and oxygen atoms in total. The molecule has 0 radical (unpaired) electrons. The third-order valence-electron chi connectivity index (χ3n) is 4.44. The first-order valence-corrected chi connectivity index (χ1v) is 8.05. The van der Waals surface area contributed by atoms with Crippen molar-refractivity contribution in [3.63, 3.8) is 0 Å². The molecule has 0 saturated heterocycles. The molecule has 0 aliphatic heterocycles. The van der Waals surface area contributed by atoms with Crippen molar-refractivity contribution in [2.24, 2.45) is 0 Å². The van der Waals surface area contributed by atoms with Crippen LogP contribution in [0.1, 0.15) is 16.7 Å². The Morgan fingerprint density at radius 3 is 2.36 bits per heavy atom. The zero-order chi connectivity index (χ0) is 17.4. The maximum absolute atomic E-state index is 12.7. The number of hydrogen-bond donors (Lipinski definition) is 1. The normalized spacial score (nSPS) is 14.5. The van der Waals surface area contributed by atoms with E-state index < -0.39 is 11.7 Å². The van der Waals surface area contributed by atoms with E-state index in [0.717, 1.165) is 30.9 Å². The number of nitrogens with zero attached hydrogens (tertiary/aromatic N) is 2. The van der Waals surface area contributed by atoms with Gasteiger partial charge in [-0.05, 0) is 42.2 Å². The van der Waals surface area contributed by atoms with Gasteiger partial charge >= 0.3 is 6.18 Å². The number of hydrogen-bond acceptors (Lipinski definition) is 2. The Kier molecular flexibility index (Phi) is 3.75. The Bertz CT molecular complexity index is 874. The molecule has 0 fully saturated rings. The van der Waals surface area contributed by atoms with Crippen molar-refractivity contribution in [2.75, 3.05) is 5.32 Å². The zero-order valence-corrected chi connectivity index (χ0v) is 13.3. The number of rotatable bonds is 3. The van der Waals surface area contributed by atoms with Crippen LogP contribution in [0.4, 0.5) is 18.9 Å². The Hall–Kier alpha value is -2.76. The number of benzene rings is 2. The fourth-order valence-corrected chi connectivity index (χ4v) is 3.25. The van der Waals surface area contributed by atoms with E-state index in [2.05, 4.69) is 22.5 Å². The van der Waals surface area contributed by atoms with Gasteiger partial charge in [0.15, 0.2) is 0 Å². The van der Waals surface area contributed by atoms with Crippen molar-refractivity contribution in [1.29, 1.82) is 0 Å². The molecule has 25 heavy (non-hydrogen) atoms. The van der Waals surface area contributed by atoms with E-state index in [0.29, 0.717) is 5.69 Å². The van der Waals surface area contributed by atoms with E-state index in [1.54, 1.807) is 6.07 Å². The van der Waals surface area contributed by atoms with Gasteiger partial charge in [0.1, 0.15) is 0 Å². The second-order valence-electron chi connectivity index (χ2n) is 6.24. The van der Waals surface area contributed by atoms with Gasteiger partial charge in [-0.25, -0.2) is 4.68 Å². The summed E-state index contributed by atoms with van der Waals surface area (Å²) in [5.74, 6) is 0. The predicted octanol–water partition coefficient (Wildman–Crippen LogP) is 4.47. The van der Waals surface area contributed by atoms with Crippen molar-refractivity contribution in [2.45, 2.75) is 25.1 Å². The largest absolute Gasteiger partial charge is 0.419 e. The van der Waals surface area contributed by atoms with E-state index in [-0.39, 0.29) is 6.04 Å². The summed E-state index contributed by atoms with van der Waals surface area (Å²) in [6.45, 7) is 0. The van der Waals surface area contributed by atoms with Crippen LogP contribution in [0.25, 0.3) is 5.69 Å². The van der Waals surface area contributed by atoms with Crippen molar-refractivity contribution < 1.29 is 13.2 Å². The van der Waals surface area contributed by atoms with Crippen LogP contribution >= 0.6 is 0 Å². The summed E-state index contributed by atoms with van der Waals surface area (Å²) in [6.07, 6.45) is -0.650. The highest BCUT2D eigenvalue weighted by atomic mass is 19.4. The number of nitrogens with one attached hydrogen (secondary N) is 1. The van der Waals surface area contributed by atoms with Crippen LogP contribution in [0.3, 0.4) is 0 Å². The lowest BCUT2D eigenvalue weighted by Crippen LogP contribution is -2.19. The number of anilines is 1. The first kappa shape index (κ1) is 15.7. The minimum absolute atomic E-state index is 0.288. The van der Waals surface area contributed by atoms with E-state index in [9.17, 15) is 13.2 Å². The quantitative estimate of drug-likeness (QED) is 0.760. The van der Waals surface area contributed by atoms with Gasteiger partial charge in [0.05, 0.1) is 17.4 Å².